The van der Waals surface area contributed by atoms with Crippen molar-refractivity contribution in [1.29, 1.82) is 0 Å². The van der Waals surface area contributed by atoms with E-state index in [1.165, 1.54) is 0 Å². The molecular weight excluding hydrogens is 444 g/mol. The van der Waals surface area contributed by atoms with Gasteiger partial charge >= 0.3 is 6.09 Å². The Kier molecular flexibility index (Phi) is 7.23. The second-order valence-corrected chi connectivity index (χ2v) is 9.95. The minimum absolute atomic E-state index is 0.123. The summed E-state index contributed by atoms with van der Waals surface area (Å²) in [6, 6.07) is 13.2. The van der Waals surface area contributed by atoms with Gasteiger partial charge in [-0.15, -0.1) is 5.10 Å². The molecule has 0 unspecified atom stereocenters. The van der Waals surface area contributed by atoms with Crippen LogP contribution in [-0.4, -0.2) is 57.2 Å². The smallest absolute Gasteiger partial charge is 0.410 e. The van der Waals surface area contributed by atoms with Gasteiger partial charge in [0.05, 0.1) is 0 Å². The molecule has 0 radical (unpaired) electrons. The zero-order chi connectivity index (χ0) is 25.0. The first kappa shape index (κ1) is 24.5. The highest BCUT2D eigenvalue weighted by molar-refractivity contribution is 5.94. The number of ether oxygens (including phenoxy) is 1. The number of nitrogens with zero attached hydrogens (tertiary/aromatic N) is 4. The first-order valence-electron chi connectivity index (χ1n) is 12.1. The van der Waals surface area contributed by atoms with Gasteiger partial charge in [-0.25, -0.2) is 9.31 Å². The summed E-state index contributed by atoms with van der Waals surface area (Å²) in [5, 5.41) is 10.5. The zero-order valence-electron chi connectivity index (χ0n) is 20.9. The summed E-state index contributed by atoms with van der Waals surface area (Å²) in [6.45, 7) is 7.16. The number of likely N-dealkylation sites (tertiary alicyclic amines) is 1. The molecule has 186 valence electrons. The highest BCUT2D eigenvalue weighted by atomic mass is 16.6. The number of piperidine rings is 1. The van der Waals surface area contributed by atoms with Crippen molar-refractivity contribution < 1.29 is 14.3 Å². The summed E-state index contributed by atoms with van der Waals surface area (Å²) < 4.78 is 7.39. The van der Waals surface area contributed by atoms with Gasteiger partial charge in [0.15, 0.2) is 5.65 Å². The van der Waals surface area contributed by atoms with Crippen LogP contribution in [0.4, 0.5) is 16.4 Å². The predicted octanol–water partition coefficient (Wildman–Crippen LogP) is 4.41. The number of benzene rings is 1. The van der Waals surface area contributed by atoms with Gasteiger partial charge in [-0.2, -0.15) is 4.98 Å². The molecule has 4 rings (SSSR count). The monoisotopic (exact) mass is 478 g/mol. The van der Waals surface area contributed by atoms with Crippen LogP contribution in [0.3, 0.4) is 0 Å². The molecule has 0 spiro atoms. The first-order valence-corrected chi connectivity index (χ1v) is 12.1. The lowest BCUT2D eigenvalue weighted by molar-refractivity contribution is 0.0181. The molecule has 3 heterocycles. The van der Waals surface area contributed by atoms with E-state index in [0.717, 1.165) is 55.8 Å². The van der Waals surface area contributed by atoms with Crippen LogP contribution in [0.15, 0.2) is 42.5 Å². The molecule has 0 bridgehead atoms. The van der Waals surface area contributed by atoms with Gasteiger partial charge in [0, 0.05) is 37.1 Å². The second kappa shape index (κ2) is 10.3. The maximum atomic E-state index is 12.3. The molecule has 1 aromatic carbocycles. The molecule has 3 aromatic rings. The van der Waals surface area contributed by atoms with Crippen LogP contribution in [0.5, 0.6) is 0 Å². The molecule has 0 aliphatic carbocycles. The maximum absolute atomic E-state index is 12.3. The normalized spacial score (nSPS) is 14.7. The molecule has 9 nitrogen and oxygen atoms in total. The van der Waals surface area contributed by atoms with Crippen molar-refractivity contribution in [2.24, 2.45) is 5.92 Å². The fraction of sp³-hybridized carbons (Fsp3) is 0.462. The van der Waals surface area contributed by atoms with E-state index < -0.39 is 5.60 Å². The van der Waals surface area contributed by atoms with Crippen molar-refractivity contribution in [3.05, 3.63) is 53.7 Å². The van der Waals surface area contributed by atoms with E-state index in [-0.39, 0.29) is 12.0 Å². The lowest BCUT2D eigenvalue weighted by atomic mass is 9.91. The summed E-state index contributed by atoms with van der Waals surface area (Å²) in [7, 11) is 1.61. The van der Waals surface area contributed by atoms with E-state index in [9.17, 15) is 9.59 Å². The van der Waals surface area contributed by atoms with Gasteiger partial charge < -0.3 is 20.3 Å². The summed E-state index contributed by atoms with van der Waals surface area (Å²) in [5.74, 6) is 0.947. The van der Waals surface area contributed by atoms with Gasteiger partial charge in [-0.05, 0) is 88.8 Å². The zero-order valence-corrected chi connectivity index (χ0v) is 20.9. The van der Waals surface area contributed by atoms with E-state index in [1.54, 1.807) is 19.2 Å². The third-order valence-corrected chi connectivity index (χ3v) is 6.14. The number of nitrogens with one attached hydrogen (secondary N) is 2. The lowest BCUT2D eigenvalue weighted by Crippen LogP contribution is -2.41. The lowest BCUT2D eigenvalue weighted by Gasteiger charge is -2.33. The number of hydrogen-bond acceptors (Lipinski definition) is 6. The highest BCUT2D eigenvalue weighted by Gasteiger charge is 2.26. The predicted molar refractivity (Wildman–Crippen MR) is 135 cm³/mol. The van der Waals surface area contributed by atoms with E-state index in [2.05, 4.69) is 26.8 Å². The van der Waals surface area contributed by atoms with Crippen molar-refractivity contribution in [3.63, 3.8) is 0 Å². The molecule has 2 N–H and O–H groups in total. The number of carbonyl (C=O) groups excluding carboxylic acids is 2. The number of amides is 2. The van der Waals surface area contributed by atoms with Gasteiger partial charge in [-0.3, -0.25) is 4.79 Å². The van der Waals surface area contributed by atoms with Crippen molar-refractivity contribution in [1.82, 2.24) is 24.8 Å². The van der Waals surface area contributed by atoms with E-state index in [4.69, 9.17) is 4.74 Å². The SMILES string of the molecule is CNC(=O)c1ccc(Nc2nc3cccc(CCC4CCN(C(=O)OC(C)(C)C)CC4)n3n2)cc1. The standard InChI is InChI=1S/C26H34N6O3/c1-26(2,3)35-25(34)31-16-14-18(15-17-31)8-13-21-6-5-7-22-29-24(30-32(21)22)28-20-11-9-19(10-12-20)23(33)27-4/h5-7,9-12,18H,8,13-17H2,1-4H3,(H,27,33)(H,28,30). The van der Waals surface area contributed by atoms with Gasteiger partial charge in [0.2, 0.25) is 5.95 Å². The molecule has 9 heteroatoms. The Morgan fingerprint density at radius 1 is 1.09 bits per heavy atom. The molecule has 35 heavy (non-hydrogen) atoms. The Balaban J connectivity index is 1.34. The van der Waals surface area contributed by atoms with Gasteiger partial charge in [0.25, 0.3) is 5.91 Å². The largest absolute Gasteiger partial charge is 0.444 e. The Labute approximate surface area is 205 Å². The average molecular weight is 479 g/mol. The number of carbonyl (C=O) groups is 2. The molecule has 2 amide bonds. The molecule has 1 aliphatic rings. The highest BCUT2D eigenvalue weighted by Crippen LogP contribution is 2.24. The quantitative estimate of drug-likeness (QED) is 0.544. The van der Waals surface area contributed by atoms with E-state index in [0.29, 0.717) is 17.4 Å². The first-order chi connectivity index (χ1) is 16.7. The molecule has 0 saturated carbocycles. The van der Waals surface area contributed by atoms with Crippen molar-refractivity contribution >= 4 is 29.3 Å². The Hall–Kier alpha value is -3.62. The van der Waals surface area contributed by atoms with Crippen molar-refractivity contribution in [2.45, 2.75) is 52.1 Å². The minimum Gasteiger partial charge on any atom is -0.444 e. The second-order valence-electron chi connectivity index (χ2n) is 9.95. The topological polar surface area (TPSA) is 101 Å². The van der Waals surface area contributed by atoms with Crippen LogP contribution in [-0.2, 0) is 11.2 Å². The summed E-state index contributed by atoms with van der Waals surface area (Å²) in [6.07, 6.45) is 3.66. The van der Waals surface area contributed by atoms with Gasteiger partial charge in [-0.1, -0.05) is 6.07 Å². The fourth-order valence-corrected chi connectivity index (χ4v) is 4.26. The van der Waals surface area contributed by atoms with Crippen LogP contribution >= 0.6 is 0 Å². The number of fused-ring (bicyclic) bond motifs is 1. The molecule has 2 aromatic heterocycles. The number of hydrogen-bond donors (Lipinski definition) is 2. The number of aryl methyl sites for hydroxylation is 1. The third kappa shape index (κ3) is 6.29. The van der Waals surface area contributed by atoms with Crippen LogP contribution in [0, 0.1) is 5.92 Å². The van der Waals surface area contributed by atoms with Crippen LogP contribution in [0.2, 0.25) is 0 Å². The Bertz CT molecular complexity index is 1170. The number of aromatic nitrogens is 3. The summed E-state index contributed by atoms with van der Waals surface area (Å²) in [5.41, 5.74) is 2.83. The third-order valence-electron chi connectivity index (χ3n) is 6.14. The van der Waals surface area contributed by atoms with E-state index in [1.807, 2.05) is 54.5 Å². The molecular formula is C26H34N6O3. The molecule has 1 saturated heterocycles. The van der Waals surface area contributed by atoms with Crippen molar-refractivity contribution in [3.8, 4) is 0 Å². The van der Waals surface area contributed by atoms with Gasteiger partial charge in [0.1, 0.15) is 5.60 Å². The Morgan fingerprint density at radius 3 is 2.46 bits per heavy atom. The fourth-order valence-electron chi connectivity index (χ4n) is 4.26. The Morgan fingerprint density at radius 2 is 1.80 bits per heavy atom. The van der Waals surface area contributed by atoms with Crippen LogP contribution < -0.4 is 10.6 Å². The molecule has 1 fully saturated rings. The number of rotatable bonds is 6. The summed E-state index contributed by atoms with van der Waals surface area (Å²) in [4.78, 5) is 30.4. The average Bonchev–Trinajstić information content (AvgIpc) is 3.25. The van der Waals surface area contributed by atoms with Crippen LogP contribution in [0.25, 0.3) is 5.65 Å². The molecule has 1 aliphatic heterocycles. The molecule has 0 atom stereocenters. The number of anilines is 2. The van der Waals surface area contributed by atoms with Crippen molar-refractivity contribution in [2.75, 3.05) is 25.5 Å². The maximum Gasteiger partial charge on any atom is 0.410 e. The minimum atomic E-state index is -0.465. The summed E-state index contributed by atoms with van der Waals surface area (Å²) >= 11 is 0. The number of pyridine rings is 1. The van der Waals surface area contributed by atoms with E-state index >= 15 is 0 Å². The van der Waals surface area contributed by atoms with Crippen LogP contribution in [0.1, 0.15) is 56.1 Å².